The Hall–Kier alpha value is -3.23. The molecule has 3 aromatic carbocycles. The molecule has 166 valence electrons. The molecule has 0 radical (unpaired) electrons. The van der Waals surface area contributed by atoms with Crippen molar-refractivity contribution in [1.29, 1.82) is 0 Å². The Bertz CT molecular complexity index is 1180. The van der Waals surface area contributed by atoms with Crippen molar-refractivity contribution < 1.29 is 32.2 Å². The number of rotatable bonds is 5. The fourth-order valence-corrected chi connectivity index (χ4v) is 3.34. The SMILES string of the molecule is COC(=O)c1cc(-c2cccc(OC(F)(F)F)c2)ccc1NC(=O)c1ccc(Cl)cc1Cl. The topological polar surface area (TPSA) is 64.6 Å². The summed E-state index contributed by atoms with van der Waals surface area (Å²) in [4.78, 5) is 24.9. The highest BCUT2D eigenvalue weighted by atomic mass is 35.5. The van der Waals surface area contributed by atoms with Crippen LogP contribution in [0.2, 0.25) is 10.0 Å². The van der Waals surface area contributed by atoms with Crippen molar-refractivity contribution in [3.63, 3.8) is 0 Å². The average Bonchev–Trinajstić information content (AvgIpc) is 2.72. The van der Waals surface area contributed by atoms with Gasteiger partial charge in [0.15, 0.2) is 0 Å². The smallest absolute Gasteiger partial charge is 0.465 e. The van der Waals surface area contributed by atoms with Gasteiger partial charge in [-0.1, -0.05) is 41.4 Å². The summed E-state index contributed by atoms with van der Waals surface area (Å²) in [7, 11) is 1.16. The van der Waals surface area contributed by atoms with Crippen LogP contribution in [0.25, 0.3) is 11.1 Å². The number of hydrogen-bond donors (Lipinski definition) is 1. The number of hydrogen-bond acceptors (Lipinski definition) is 4. The van der Waals surface area contributed by atoms with E-state index in [0.717, 1.165) is 13.2 Å². The molecule has 0 bridgehead atoms. The van der Waals surface area contributed by atoms with E-state index in [9.17, 15) is 22.8 Å². The van der Waals surface area contributed by atoms with Gasteiger partial charge in [0, 0.05) is 5.02 Å². The lowest BCUT2D eigenvalue weighted by Crippen LogP contribution is -2.17. The summed E-state index contributed by atoms with van der Waals surface area (Å²) >= 11 is 11.9. The molecule has 0 aromatic heterocycles. The van der Waals surface area contributed by atoms with Gasteiger partial charge in [-0.3, -0.25) is 4.79 Å². The van der Waals surface area contributed by atoms with E-state index in [1.807, 2.05) is 0 Å². The lowest BCUT2D eigenvalue weighted by molar-refractivity contribution is -0.274. The van der Waals surface area contributed by atoms with Crippen LogP contribution >= 0.6 is 23.2 Å². The number of esters is 1. The first-order valence-corrected chi connectivity index (χ1v) is 9.68. The second kappa shape index (κ2) is 9.50. The monoisotopic (exact) mass is 483 g/mol. The van der Waals surface area contributed by atoms with Gasteiger partial charge in [-0.25, -0.2) is 4.79 Å². The zero-order valence-corrected chi connectivity index (χ0v) is 17.8. The standard InChI is InChI=1S/C22H14Cl2F3NO4/c1-31-21(30)17-10-13(12-3-2-4-15(9-12)32-22(25,26)27)5-8-19(17)28-20(29)16-7-6-14(23)11-18(16)24/h2-11H,1H3,(H,28,29). The van der Waals surface area contributed by atoms with E-state index in [1.54, 1.807) is 6.07 Å². The van der Waals surface area contributed by atoms with Crippen LogP contribution in [0, 0.1) is 0 Å². The zero-order valence-electron chi connectivity index (χ0n) is 16.3. The molecule has 1 N–H and O–H groups in total. The fraction of sp³-hybridized carbons (Fsp3) is 0.0909. The molecular weight excluding hydrogens is 470 g/mol. The lowest BCUT2D eigenvalue weighted by atomic mass is 10.0. The second-order valence-corrected chi connectivity index (χ2v) is 7.25. The molecule has 0 heterocycles. The van der Waals surface area contributed by atoms with E-state index in [2.05, 4.69) is 10.1 Å². The highest BCUT2D eigenvalue weighted by Crippen LogP contribution is 2.31. The van der Waals surface area contributed by atoms with Crippen LogP contribution in [0.4, 0.5) is 18.9 Å². The maximum atomic E-state index is 12.6. The highest BCUT2D eigenvalue weighted by Gasteiger charge is 2.31. The van der Waals surface area contributed by atoms with Gasteiger partial charge >= 0.3 is 12.3 Å². The molecule has 0 atom stereocenters. The number of alkyl halides is 3. The van der Waals surface area contributed by atoms with Crippen LogP contribution < -0.4 is 10.1 Å². The van der Waals surface area contributed by atoms with E-state index in [0.29, 0.717) is 16.1 Å². The molecule has 0 spiro atoms. The molecule has 5 nitrogen and oxygen atoms in total. The molecule has 0 fully saturated rings. The maximum absolute atomic E-state index is 12.6. The molecule has 1 amide bonds. The third-order valence-electron chi connectivity index (χ3n) is 4.25. The van der Waals surface area contributed by atoms with Crippen LogP contribution in [-0.2, 0) is 4.74 Å². The summed E-state index contributed by atoms with van der Waals surface area (Å²) in [5.41, 5.74) is 1.01. The molecule has 0 saturated carbocycles. The Kier molecular flexibility index (Phi) is 6.96. The molecule has 0 aliphatic carbocycles. The van der Waals surface area contributed by atoms with E-state index in [4.69, 9.17) is 27.9 Å². The van der Waals surface area contributed by atoms with Crippen molar-refractivity contribution in [3.05, 3.63) is 81.8 Å². The Labute approximate surface area is 190 Å². The summed E-state index contributed by atoms with van der Waals surface area (Å²) in [5, 5.41) is 3.05. The van der Waals surface area contributed by atoms with E-state index < -0.39 is 24.0 Å². The maximum Gasteiger partial charge on any atom is 0.573 e. The minimum Gasteiger partial charge on any atom is -0.465 e. The van der Waals surface area contributed by atoms with Crippen molar-refractivity contribution in [3.8, 4) is 16.9 Å². The normalized spacial score (nSPS) is 11.1. The van der Waals surface area contributed by atoms with Crippen LogP contribution in [0.3, 0.4) is 0 Å². The first kappa shape index (κ1) is 23.4. The van der Waals surface area contributed by atoms with Crippen LogP contribution in [0.1, 0.15) is 20.7 Å². The predicted octanol–water partition coefficient (Wildman–Crippen LogP) is 6.60. The highest BCUT2D eigenvalue weighted by molar-refractivity contribution is 6.37. The Morgan fingerprint density at radius 2 is 1.62 bits per heavy atom. The number of nitrogens with one attached hydrogen (secondary N) is 1. The van der Waals surface area contributed by atoms with Gasteiger partial charge in [-0.05, 0) is 53.6 Å². The van der Waals surface area contributed by atoms with Crippen molar-refractivity contribution in [2.45, 2.75) is 6.36 Å². The van der Waals surface area contributed by atoms with Crippen LogP contribution in [-0.4, -0.2) is 25.3 Å². The largest absolute Gasteiger partial charge is 0.573 e. The number of ether oxygens (including phenoxy) is 2. The lowest BCUT2D eigenvalue weighted by Gasteiger charge is -2.14. The third kappa shape index (κ3) is 5.72. The first-order valence-electron chi connectivity index (χ1n) is 8.92. The number of halogens is 5. The number of anilines is 1. The van der Waals surface area contributed by atoms with E-state index in [1.165, 1.54) is 48.5 Å². The number of methoxy groups -OCH3 is 1. The summed E-state index contributed by atoms with van der Waals surface area (Å²) in [6.07, 6.45) is -4.84. The Morgan fingerprint density at radius 1 is 0.906 bits per heavy atom. The summed E-state index contributed by atoms with van der Waals surface area (Å²) in [6, 6.07) is 13.9. The van der Waals surface area contributed by atoms with Crippen molar-refractivity contribution >= 4 is 40.8 Å². The third-order valence-corrected chi connectivity index (χ3v) is 4.80. The molecule has 0 unspecified atom stereocenters. The summed E-state index contributed by atoms with van der Waals surface area (Å²) in [6.45, 7) is 0. The van der Waals surface area contributed by atoms with Gasteiger partial charge < -0.3 is 14.8 Å². The molecular formula is C22H14Cl2F3NO4. The van der Waals surface area contributed by atoms with Gasteiger partial charge in [0.25, 0.3) is 5.91 Å². The number of amides is 1. The second-order valence-electron chi connectivity index (χ2n) is 6.41. The van der Waals surface area contributed by atoms with Gasteiger partial charge in [0.1, 0.15) is 5.75 Å². The average molecular weight is 484 g/mol. The zero-order chi connectivity index (χ0) is 23.5. The van der Waals surface area contributed by atoms with E-state index in [-0.39, 0.29) is 21.8 Å². The van der Waals surface area contributed by atoms with Crippen molar-refractivity contribution in [2.24, 2.45) is 0 Å². The van der Waals surface area contributed by atoms with Crippen molar-refractivity contribution in [1.82, 2.24) is 0 Å². The van der Waals surface area contributed by atoms with Gasteiger partial charge in [0.05, 0.1) is 28.9 Å². The predicted molar refractivity (Wildman–Crippen MR) is 114 cm³/mol. The molecule has 0 aliphatic heterocycles. The van der Waals surface area contributed by atoms with Crippen LogP contribution in [0.15, 0.2) is 60.7 Å². The minimum atomic E-state index is -4.84. The molecule has 3 rings (SSSR count). The Morgan fingerprint density at radius 3 is 2.28 bits per heavy atom. The molecule has 10 heteroatoms. The first-order chi connectivity index (χ1) is 15.1. The number of carbonyl (C=O) groups is 2. The molecule has 0 saturated heterocycles. The molecule has 32 heavy (non-hydrogen) atoms. The minimum absolute atomic E-state index is 0.00872. The summed E-state index contributed by atoms with van der Waals surface area (Å²) in [5.74, 6) is -1.76. The van der Waals surface area contributed by atoms with Crippen molar-refractivity contribution in [2.75, 3.05) is 12.4 Å². The number of carbonyl (C=O) groups excluding carboxylic acids is 2. The number of benzene rings is 3. The molecule has 0 aliphatic rings. The molecule has 3 aromatic rings. The summed E-state index contributed by atoms with van der Waals surface area (Å²) < 4.78 is 46.3. The quantitative estimate of drug-likeness (QED) is 0.415. The van der Waals surface area contributed by atoms with Gasteiger partial charge in [0.2, 0.25) is 0 Å². The Balaban J connectivity index is 1.96. The van der Waals surface area contributed by atoms with E-state index >= 15 is 0 Å². The van der Waals surface area contributed by atoms with Gasteiger partial charge in [-0.15, -0.1) is 13.2 Å². The van der Waals surface area contributed by atoms with Gasteiger partial charge in [-0.2, -0.15) is 0 Å². The van der Waals surface area contributed by atoms with Crippen LogP contribution in [0.5, 0.6) is 5.75 Å². The fourth-order valence-electron chi connectivity index (χ4n) is 2.85.